The third-order valence-corrected chi connectivity index (χ3v) is 3.56. The van der Waals surface area contributed by atoms with Crippen molar-refractivity contribution < 1.29 is 19.5 Å². The molecule has 6 nitrogen and oxygen atoms in total. The van der Waals surface area contributed by atoms with Gasteiger partial charge in [0, 0.05) is 18.0 Å². The van der Waals surface area contributed by atoms with Crippen LogP contribution in [0.1, 0.15) is 47.5 Å². The van der Waals surface area contributed by atoms with Gasteiger partial charge in [0.1, 0.15) is 6.04 Å². The average Bonchev–Trinajstić information content (AvgIpc) is 3.17. The summed E-state index contributed by atoms with van der Waals surface area (Å²) in [5.74, 6) is -1.92. The second-order valence-electron chi connectivity index (χ2n) is 6.91. The minimum absolute atomic E-state index is 0.119. The SMILES string of the molecule is CC(CN(C(=O)C(C)NC(=O)C(C)(C)C)C1CC1)C(=O)O. The molecule has 0 bridgehead atoms. The fourth-order valence-electron chi connectivity index (χ4n) is 1.90. The van der Waals surface area contributed by atoms with Gasteiger partial charge in [0.2, 0.25) is 11.8 Å². The molecule has 1 aliphatic rings. The lowest BCUT2D eigenvalue weighted by Gasteiger charge is -2.29. The fourth-order valence-corrected chi connectivity index (χ4v) is 1.90. The standard InChI is InChI=1S/C15H26N2O4/c1-9(13(19)20)8-17(11-6-7-11)12(18)10(2)16-14(21)15(3,4)5/h9-11H,6-8H2,1-5H3,(H,16,21)(H,19,20). The second kappa shape index (κ2) is 6.45. The number of hydrogen-bond donors (Lipinski definition) is 2. The van der Waals surface area contributed by atoms with E-state index < -0.39 is 23.3 Å². The molecule has 0 aromatic rings. The van der Waals surface area contributed by atoms with Crippen LogP contribution < -0.4 is 5.32 Å². The van der Waals surface area contributed by atoms with Crippen molar-refractivity contribution >= 4 is 17.8 Å². The van der Waals surface area contributed by atoms with Crippen LogP contribution in [0.25, 0.3) is 0 Å². The van der Waals surface area contributed by atoms with Gasteiger partial charge < -0.3 is 15.3 Å². The molecular weight excluding hydrogens is 272 g/mol. The molecule has 1 rings (SSSR count). The van der Waals surface area contributed by atoms with Gasteiger partial charge in [0.15, 0.2) is 0 Å². The topological polar surface area (TPSA) is 86.7 Å². The van der Waals surface area contributed by atoms with Crippen LogP contribution in [0, 0.1) is 11.3 Å². The van der Waals surface area contributed by atoms with E-state index in [4.69, 9.17) is 5.11 Å². The van der Waals surface area contributed by atoms with Crippen LogP contribution >= 0.6 is 0 Å². The second-order valence-corrected chi connectivity index (χ2v) is 6.91. The Morgan fingerprint density at radius 1 is 1.24 bits per heavy atom. The van der Waals surface area contributed by atoms with Gasteiger partial charge in [-0.05, 0) is 19.8 Å². The molecule has 6 heteroatoms. The van der Waals surface area contributed by atoms with Crippen molar-refractivity contribution in [2.45, 2.75) is 59.5 Å². The van der Waals surface area contributed by atoms with E-state index in [2.05, 4.69) is 5.32 Å². The summed E-state index contributed by atoms with van der Waals surface area (Å²) in [5, 5.41) is 11.7. The van der Waals surface area contributed by atoms with Crippen LogP contribution in [0.4, 0.5) is 0 Å². The summed E-state index contributed by atoms with van der Waals surface area (Å²) < 4.78 is 0. The van der Waals surface area contributed by atoms with Crippen molar-refractivity contribution in [2.75, 3.05) is 6.54 Å². The summed E-state index contributed by atoms with van der Waals surface area (Å²) in [6, 6.07) is -0.522. The van der Waals surface area contributed by atoms with E-state index in [1.807, 2.05) is 0 Å². The van der Waals surface area contributed by atoms with E-state index >= 15 is 0 Å². The number of amides is 2. The van der Waals surface area contributed by atoms with Gasteiger partial charge in [0.05, 0.1) is 5.92 Å². The number of carboxylic acid groups (broad SMARTS) is 1. The maximum atomic E-state index is 12.5. The third kappa shape index (κ3) is 5.02. The van der Waals surface area contributed by atoms with Crippen LogP contribution in [-0.4, -0.2) is 46.4 Å². The van der Waals surface area contributed by atoms with Gasteiger partial charge >= 0.3 is 5.97 Å². The first-order valence-corrected chi connectivity index (χ1v) is 7.38. The lowest BCUT2D eigenvalue weighted by atomic mass is 9.95. The number of rotatable bonds is 6. The molecule has 1 saturated carbocycles. The normalized spacial score (nSPS) is 17.8. The Bertz CT molecular complexity index is 424. The number of nitrogens with zero attached hydrogens (tertiary/aromatic N) is 1. The molecule has 0 aromatic carbocycles. The molecule has 1 aliphatic carbocycles. The quantitative estimate of drug-likeness (QED) is 0.772. The molecule has 0 saturated heterocycles. The lowest BCUT2D eigenvalue weighted by Crippen LogP contribution is -2.51. The molecule has 2 amide bonds. The van der Waals surface area contributed by atoms with Crippen molar-refractivity contribution in [1.29, 1.82) is 0 Å². The van der Waals surface area contributed by atoms with Crippen LogP contribution in [0.2, 0.25) is 0 Å². The Hall–Kier alpha value is -1.59. The van der Waals surface area contributed by atoms with Crippen molar-refractivity contribution in [3.05, 3.63) is 0 Å². The summed E-state index contributed by atoms with van der Waals surface area (Å²) in [6.45, 7) is 8.77. The van der Waals surface area contributed by atoms with Crippen LogP contribution in [0.15, 0.2) is 0 Å². The first-order chi connectivity index (χ1) is 9.54. The summed E-state index contributed by atoms with van der Waals surface area (Å²) >= 11 is 0. The summed E-state index contributed by atoms with van der Waals surface area (Å²) in [6.07, 6.45) is 1.80. The Balaban J connectivity index is 2.68. The van der Waals surface area contributed by atoms with Gasteiger partial charge in [-0.15, -0.1) is 0 Å². The fraction of sp³-hybridized carbons (Fsp3) is 0.800. The van der Waals surface area contributed by atoms with E-state index in [1.54, 1.807) is 39.5 Å². The lowest BCUT2D eigenvalue weighted by molar-refractivity contribution is -0.144. The number of nitrogens with one attached hydrogen (secondary N) is 1. The molecule has 2 unspecified atom stereocenters. The first kappa shape index (κ1) is 17.5. The predicted molar refractivity (Wildman–Crippen MR) is 78.6 cm³/mol. The summed E-state index contributed by atoms with van der Waals surface area (Å²) in [5.41, 5.74) is -0.562. The smallest absolute Gasteiger partial charge is 0.308 e. The molecule has 0 heterocycles. The predicted octanol–water partition coefficient (Wildman–Crippen LogP) is 1.25. The summed E-state index contributed by atoms with van der Waals surface area (Å²) in [4.78, 5) is 37.0. The number of carbonyl (C=O) groups excluding carboxylic acids is 2. The number of aliphatic carboxylic acids is 1. The number of carboxylic acids is 1. The van der Waals surface area contributed by atoms with Gasteiger partial charge in [0.25, 0.3) is 0 Å². The van der Waals surface area contributed by atoms with Gasteiger partial charge in [-0.2, -0.15) is 0 Å². The molecule has 1 fully saturated rings. The van der Waals surface area contributed by atoms with Crippen LogP contribution in [0.3, 0.4) is 0 Å². The Labute approximate surface area is 125 Å². The minimum Gasteiger partial charge on any atom is -0.481 e. The van der Waals surface area contributed by atoms with Crippen LogP contribution in [0.5, 0.6) is 0 Å². The molecule has 21 heavy (non-hydrogen) atoms. The molecule has 120 valence electrons. The van der Waals surface area contributed by atoms with Crippen molar-refractivity contribution in [2.24, 2.45) is 11.3 Å². The van der Waals surface area contributed by atoms with Crippen molar-refractivity contribution in [3.8, 4) is 0 Å². The zero-order valence-electron chi connectivity index (χ0n) is 13.5. The maximum absolute atomic E-state index is 12.5. The monoisotopic (exact) mass is 298 g/mol. The Morgan fingerprint density at radius 3 is 2.14 bits per heavy atom. The van der Waals surface area contributed by atoms with Gasteiger partial charge in [-0.25, -0.2) is 0 Å². The highest BCUT2D eigenvalue weighted by Gasteiger charge is 2.37. The molecule has 0 aromatic heterocycles. The van der Waals surface area contributed by atoms with E-state index in [1.165, 1.54) is 0 Å². The molecule has 2 atom stereocenters. The Kier molecular flexibility index (Phi) is 5.36. The molecule has 2 N–H and O–H groups in total. The largest absolute Gasteiger partial charge is 0.481 e. The summed E-state index contributed by atoms with van der Waals surface area (Å²) in [7, 11) is 0. The molecule has 0 radical (unpaired) electrons. The van der Waals surface area contributed by atoms with Crippen LogP contribution in [-0.2, 0) is 14.4 Å². The zero-order valence-corrected chi connectivity index (χ0v) is 13.5. The average molecular weight is 298 g/mol. The maximum Gasteiger partial charge on any atom is 0.308 e. The minimum atomic E-state index is -0.917. The van der Waals surface area contributed by atoms with Gasteiger partial charge in [-0.3, -0.25) is 14.4 Å². The zero-order chi connectivity index (χ0) is 16.4. The van der Waals surface area contributed by atoms with E-state index in [0.29, 0.717) is 0 Å². The third-order valence-electron chi connectivity index (χ3n) is 3.56. The molecule has 0 spiro atoms. The van der Waals surface area contributed by atoms with Crippen molar-refractivity contribution in [1.82, 2.24) is 10.2 Å². The van der Waals surface area contributed by atoms with E-state index in [-0.39, 0.29) is 24.4 Å². The highest BCUT2D eigenvalue weighted by molar-refractivity contribution is 5.89. The highest BCUT2D eigenvalue weighted by atomic mass is 16.4. The van der Waals surface area contributed by atoms with Crippen molar-refractivity contribution in [3.63, 3.8) is 0 Å². The first-order valence-electron chi connectivity index (χ1n) is 7.38. The Morgan fingerprint density at radius 2 is 1.76 bits per heavy atom. The number of hydrogen-bond acceptors (Lipinski definition) is 3. The molecule has 0 aliphatic heterocycles. The highest BCUT2D eigenvalue weighted by Crippen LogP contribution is 2.28. The van der Waals surface area contributed by atoms with E-state index in [0.717, 1.165) is 12.8 Å². The molecular formula is C15H26N2O4. The number of carbonyl (C=O) groups is 3. The van der Waals surface area contributed by atoms with Gasteiger partial charge in [-0.1, -0.05) is 27.7 Å². The van der Waals surface area contributed by atoms with E-state index in [9.17, 15) is 14.4 Å².